The molecule has 2 nitrogen and oxygen atoms in total. The molecule has 0 amide bonds. The Kier molecular flexibility index (Phi) is 4.14. The van der Waals surface area contributed by atoms with Gasteiger partial charge in [0.25, 0.3) is 0 Å². The number of unbranched alkanes of at least 4 members (excludes halogenated alkanes) is 2. The first-order valence-electron chi connectivity index (χ1n) is 5.04. The van der Waals surface area contributed by atoms with Crippen LogP contribution >= 0.6 is 11.3 Å². The number of nitrogen functional groups attached to an aromatic ring is 1. The minimum Gasteiger partial charge on any atom is -0.390 e. The zero-order valence-electron chi connectivity index (χ0n) is 8.80. The zero-order chi connectivity index (χ0) is 10.6. The van der Waals surface area contributed by atoms with Gasteiger partial charge in [-0.05, 0) is 25.8 Å². The van der Waals surface area contributed by atoms with Crippen LogP contribution in [0.15, 0.2) is 6.07 Å². The fourth-order valence-corrected chi connectivity index (χ4v) is 2.42. The number of carbonyl (C=O) groups excluding carboxylic acids is 1. The quantitative estimate of drug-likeness (QED) is 0.600. The second kappa shape index (κ2) is 5.15. The highest BCUT2D eigenvalue weighted by atomic mass is 32.1. The second-order valence-corrected chi connectivity index (χ2v) is 4.67. The number of rotatable bonds is 5. The van der Waals surface area contributed by atoms with Crippen molar-refractivity contribution in [2.24, 2.45) is 0 Å². The third-order valence-electron chi connectivity index (χ3n) is 2.22. The molecule has 0 unspecified atom stereocenters. The van der Waals surface area contributed by atoms with Crippen LogP contribution in [0.1, 0.15) is 48.3 Å². The molecule has 3 heteroatoms. The molecule has 0 aliphatic rings. The van der Waals surface area contributed by atoms with Gasteiger partial charge in [-0.3, -0.25) is 4.79 Å². The highest BCUT2D eigenvalue weighted by Crippen LogP contribution is 2.26. The lowest BCUT2D eigenvalue weighted by molar-refractivity contribution is 0.101. The average Bonchev–Trinajstić information content (AvgIpc) is 2.47. The molecule has 0 spiro atoms. The summed E-state index contributed by atoms with van der Waals surface area (Å²) in [6.45, 7) is 3.75. The van der Waals surface area contributed by atoms with Gasteiger partial charge in [0, 0.05) is 4.88 Å². The summed E-state index contributed by atoms with van der Waals surface area (Å²) < 4.78 is 0. The van der Waals surface area contributed by atoms with Crippen molar-refractivity contribution in [2.75, 3.05) is 5.73 Å². The van der Waals surface area contributed by atoms with E-state index in [9.17, 15) is 4.79 Å². The maximum Gasteiger partial charge on any atom is 0.162 e. The van der Waals surface area contributed by atoms with E-state index in [1.54, 1.807) is 18.3 Å². The van der Waals surface area contributed by atoms with Gasteiger partial charge in [0.2, 0.25) is 0 Å². The molecule has 78 valence electrons. The molecule has 0 aliphatic heterocycles. The topological polar surface area (TPSA) is 43.1 Å². The van der Waals surface area contributed by atoms with Crippen molar-refractivity contribution in [3.05, 3.63) is 16.5 Å². The first-order valence-corrected chi connectivity index (χ1v) is 5.86. The van der Waals surface area contributed by atoms with Crippen LogP contribution in [-0.4, -0.2) is 5.78 Å². The van der Waals surface area contributed by atoms with E-state index in [2.05, 4.69) is 6.92 Å². The van der Waals surface area contributed by atoms with Gasteiger partial charge < -0.3 is 5.73 Å². The van der Waals surface area contributed by atoms with Gasteiger partial charge in [-0.1, -0.05) is 19.8 Å². The molecule has 0 saturated carbocycles. The summed E-state index contributed by atoms with van der Waals surface area (Å²) in [5.41, 5.74) is 6.44. The molecule has 1 heterocycles. The highest BCUT2D eigenvalue weighted by Gasteiger charge is 2.09. The van der Waals surface area contributed by atoms with Crippen LogP contribution in [0.25, 0.3) is 0 Å². The van der Waals surface area contributed by atoms with Crippen molar-refractivity contribution < 1.29 is 4.79 Å². The Morgan fingerprint density at radius 2 is 2.21 bits per heavy atom. The SMILES string of the molecule is CCCCCc1cc(C(C)=O)c(N)s1. The number of anilines is 1. The van der Waals surface area contributed by atoms with E-state index in [4.69, 9.17) is 5.73 Å². The van der Waals surface area contributed by atoms with Crippen LogP contribution in [0.3, 0.4) is 0 Å². The summed E-state index contributed by atoms with van der Waals surface area (Å²) in [4.78, 5) is 12.4. The summed E-state index contributed by atoms with van der Waals surface area (Å²) in [5, 5.41) is 0.670. The molecule has 2 N–H and O–H groups in total. The van der Waals surface area contributed by atoms with E-state index in [0.29, 0.717) is 10.6 Å². The number of aryl methyl sites for hydroxylation is 1. The average molecular weight is 211 g/mol. The maximum atomic E-state index is 11.1. The first kappa shape index (κ1) is 11.2. The third kappa shape index (κ3) is 2.84. The number of hydrogen-bond donors (Lipinski definition) is 1. The van der Waals surface area contributed by atoms with Gasteiger partial charge in [0.15, 0.2) is 5.78 Å². The Labute approximate surface area is 89.1 Å². The van der Waals surface area contributed by atoms with Crippen LogP contribution in [0.5, 0.6) is 0 Å². The number of nitrogens with two attached hydrogens (primary N) is 1. The van der Waals surface area contributed by atoms with Gasteiger partial charge in [-0.2, -0.15) is 0 Å². The summed E-state index contributed by atoms with van der Waals surface area (Å²) in [6, 6.07) is 1.94. The van der Waals surface area contributed by atoms with Crippen molar-refractivity contribution in [2.45, 2.75) is 39.5 Å². The van der Waals surface area contributed by atoms with E-state index < -0.39 is 0 Å². The molecule has 0 atom stereocenters. The van der Waals surface area contributed by atoms with Crippen molar-refractivity contribution in [3.8, 4) is 0 Å². The Morgan fingerprint density at radius 3 is 2.71 bits per heavy atom. The molecule has 1 aromatic rings. The molecule has 0 bridgehead atoms. The van der Waals surface area contributed by atoms with Gasteiger partial charge in [0.1, 0.15) is 0 Å². The van der Waals surface area contributed by atoms with Crippen LogP contribution in [0.4, 0.5) is 5.00 Å². The van der Waals surface area contributed by atoms with E-state index in [1.165, 1.54) is 24.1 Å². The molecule has 0 aliphatic carbocycles. The van der Waals surface area contributed by atoms with E-state index in [-0.39, 0.29) is 5.78 Å². The first-order chi connectivity index (χ1) is 6.65. The van der Waals surface area contributed by atoms with Crippen molar-refractivity contribution >= 4 is 22.1 Å². The Hall–Kier alpha value is -0.830. The fraction of sp³-hybridized carbons (Fsp3) is 0.545. The van der Waals surface area contributed by atoms with Crippen molar-refractivity contribution in [1.82, 2.24) is 0 Å². The monoisotopic (exact) mass is 211 g/mol. The van der Waals surface area contributed by atoms with Crippen molar-refractivity contribution in [3.63, 3.8) is 0 Å². The molecule has 14 heavy (non-hydrogen) atoms. The molecule has 0 radical (unpaired) electrons. The van der Waals surface area contributed by atoms with Crippen LogP contribution in [-0.2, 0) is 6.42 Å². The lowest BCUT2D eigenvalue weighted by atomic mass is 10.1. The summed E-state index contributed by atoms with van der Waals surface area (Å²) in [5.74, 6) is 0.0699. The molecule has 0 fully saturated rings. The molecule has 0 aromatic carbocycles. The van der Waals surface area contributed by atoms with Gasteiger partial charge in [-0.25, -0.2) is 0 Å². The lowest BCUT2D eigenvalue weighted by Gasteiger charge is -1.94. The van der Waals surface area contributed by atoms with Crippen LogP contribution < -0.4 is 5.73 Å². The minimum absolute atomic E-state index is 0.0699. The van der Waals surface area contributed by atoms with Crippen molar-refractivity contribution in [1.29, 1.82) is 0 Å². The Bertz CT molecular complexity index is 317. The predicted molar refractivity (Wildman–Crippen MR) is 62.0 cm³/mol. The smallest absolute Gasteiger partial charge is 0.162 e. The summed E-state index contributed by atoms with van der Waals surface area (Å²) in [7, 11) is 0. The van der Waals surface area contributed by atoms with Gasteiger partial charge in [0.05, 0.1) is 10.6 Å². The van der Waals surface area contributed by atoms with E-state index in [0.717, 1.165) is 6.42 Å². The second-order valence-electron chi connectivity index (χ2n) is 3.50. The number of carbonyl (C=O) groups is 1. The lowest BCUT2D eigenvalue weighted by Crippen LogP contribution is -1.93. The number of thiophene rings is 1. The largest absolute Gasteiger partial charge is 0.390 e. The molecule has 0 saturated heterocycles. The molecular weight excluding hydrogens is 194 g/mol. The molecule has 1 rings (SSSR count). The minimum atomic E-state index is 0.0699. The third-order valence-corrected chi connectivity index (χ3v) is 3.24. The molecular formula is C11H17NOS. The van der Waals surface area contributed by atoms with E-state index in [1.807, 2.05) is 6.07 Å². The normalized spacial score (nSPS) is 10.4. The molecule has 1 aromatic heterocycles. The van der Waals surface area contributed by atoms with Gasteiger partial charge in [-0.15, -0.1) is 11.3 Å². The van der Waals surface area contributed by atoms with Crippen LogP contribution in [0.2, 0.25) is 0 Å². The fourth-order valence-electron chi connectivity index (χ4n) is 1.41. The van der Waals surface area contributed by atoms with Gasteiger partial charge >= 0.3 is 0 Å². The predicted octanol–water partition coefficient (Wildman–Crippen LogP) is 3.27. The summed E-state index contributed by atoms with van der Waals surface area (Å²) in [6.07, 6.45) is 4.71. The van der Waals surface area contributed by atoms with E-state index >= 15 is 0 Å². The highest BCUT2D eigenvalue weighted by molar-refractivity contribution is 7.16. The number of ketones is 1. The number of hydrogen-bond acceptors (Lipinski definition) is 3. The summed E-state index contributed by atoms with van der Waals surface area (Å²) >= 11 is 1.55. The zero-order valence-corrected chi connectivity index (χ0v) is 9.62. The Balaban J connectivity index is 2.62. The standard InChI is InChI=1S/C11H17NOS/c1-3-4-5-6-9-7-10(8(2)13)11(12)14-9/h7H,3-6,12H2,1-2H3. The maximum absolute atomic E-state index is 11.1. The Morgan fingerprint density at radius 1 is 1.50 bits per heavy atom. The number of Topliss-reactive ketones (excluding diaryl/α,β-unsaturated/α-hetero) is 1. The van der Waals surface area contributed by atoms with Crippen LogP contribution in [0, 0.1) is 0 Å².